The van der Waals surface area contributed by atoms with Crippen LogP contribution in [0.15, 0.2) is 18.3 Å². The average Bonchev–Trinajstić information content (AvgIpc) is 2.46. The van der Waals surface area contributed by atoms with Gasteiger partial charge in [0.15, 0.2) is 0 Å². The van der Waals surface area contributed by atoms with Crippen LogP contribution in [0.4, 0.5) is 5.69 Å². The van der Waals surface area contributed by atoms with Crippen LogP contribution in [-0.4, -0.2) is 30.8 Å². The maximum absolute atomic E-state index is 5.98. The van der Waals surface area contributed by atoms with Crippen molar-refractivity contribution in [2.24, 2.45) is 5.73 Å². The minimum absolute atomic E-state index is 0.0470. The molecule has 0 bridgehead atoms. The highest BCUT2D eigenvalue weighted by Crippen LogP contribution is 2.22. The van der Waals surface area contributed by atoms with Crippen LogP contribution < -0.4 is 10.6 Å². The van der Waals surface area contributed by atoms with Gasteiger partial charge in [-0.3, -0.25) is 4.98 Å². The molecule has 18 heavy (non-hydrogen) atoms. The highest BCUT2D eigenvalue weighted by atomic mass is 16.5. The van der Waals surface area contributed by atoms with Crippen LogP contribution in [0.2, 0.25) is 0 Å². The Morgan fingerprint density at radius 1 is 1.50 bits per heavy atom. The number of morpholine rings is 1. The molecule has 4 nitrogen and oxygen atoms in total. The van der Waals surface area contributed by atoms with Gasteiger partial charge in [-0.2, -0.15) is 0 Å². The van der Waals surface area contributed by atoms with E-state index in [-0.39, 0.29) is 6.04 Å². The maximum Gasteiger partial charge on any atom is 0.0670 e. The molecule has 4 heteroatoms. The van der Waals surface area contributed by atoms with E-state index < -0.39 is 0 Å². The van der Waals surface area contributed by atoms with E-state index in [9.17, 15) is 0 Å². The Bertz CT molecular complexity index is 366. The first-order valence-corrected chi connectivity index (χ1v) is 6.82. The third-order valence-electron chi connectivity index (χ3n) is 3.62. The smallest absolute Gasteiger partial charge is 0.0670 e. The first-order valence-electron chi connectivity index (χ1n) is 6.82. The molecule has 2 heterocycles. The first kappa shape index (κ1) is 13.3. The number of hydrogen-bond acceptors (Lipinski definition) is 4. The number of aromatic nitrogens is 1. The molecule has 0 spiro atoms. The molecule has 2 rings (SSSR count). The van der Waals surface area contributed by atoms with Crippen molar-refractivity contribution >= 4 is 5.69 Å². The lowest BCUT2D eigenvalue weighted by molar-refractivity contribution is 0.0929. The van der Waals surface area contributed by atoms with Gasteiger partial charge < -0.3 is 15.4 Å². The summed E-state index contributed by atoms with van der Waals surface area (Å²) in [6, 6.07) is 4.69. The predicted molar refractivity (Wildman–Crippen MR) is 73.7 cm³/mol. The second-order valence-electron chi connectivity index (χ2n) is 4.79. The molecule has 2 N–H and O–H groups in total. The van der Waals surface area contributed by atoms with Gasteiger partial charge in [0, 0.05) is 12.6 Å². The third-order valence-corrected chi connectivity index (χ3v) is 3.62. The van der Waals surface area contributed by atoms with Crippen molar-refractivity contribution in [3.8, 4) is 0 Å². The fraction of sp³-hybridized carbons (Fsp3) is 0.643. The zero-order valence-corrected chi connectivity index (χ0v) is 11.3. The Labute approximate surface area is 109 Å². The quantitative estimate of drug-likeness (QED) is 0.888. The van der Waals surface area contributed by atoms with Crippen LogP contribution in [0.3, 0.4) is 0 Å². The number of nitrogens with two attached hydrogens (primary N) is 1. The molecule has 2 atom stereocenters. The van der Waals surface area contributed by atoms with E-state index in [1.54, 1.807) is 0 Å². The SMILES string of the molecule is CCC1COCCN1c1ccc([C@H](N)CC)nc1. The van der Waals surface area contributed by atoms with Gasteiger partial charge in [0.25, 0.3) is 0 Å². The molecule has 0 aliphatic carbocycles. The van der Waals surface area contributed by atoms with Gasteiger partial charge in [0.1, 0.15) is 0 Å². The zero-order valence-electron chi connectivity index (χ0n) is 11.3. The van der Waals surface area contributed by atoms with Crippen molar-refractivity contribution in [3.63, 3.8) is 0 Å². The van der Waals surface area contributed by atoms with E-state index >= 15 is 0 Å². The summed E-state index contributed by atoms with van der Waals surface area (Å²) >= 11 is 0. The summed E-state index contributed by atoms with van der Waals surface area (Å²) in [5.74, 6) is 0. The molecular weight excluding hydrogens is 226 g/mol. The lowest BCUT2D eigenvalue weighted by Gasteiger charge is -2.36. The van der Waals surface area contributed by atoms with Gasteiger partial charge in [0.2, 0.25) is 0 Å². The van der Waals surface area contributed by atoms with Crippen molar-refractivity contribution in [1.82, 2.24) is 4.98 Å². The zero-order chi connectivity index (χ0) is 13.0. The Morgan fingerprint density at radius 3 is 2.94 bits per heavy atom. The maximum atomic E-state index is 5.98. The number of rotatable bonds is 4. The second-order valence-corrected chi connectivity index (χ2v) is 4.79. The van der Waals surface area contributed by atoms with E-state index in [0.29, 0.717) is 6.04 Å². The summed E-state index contributed by atoms with van der Waals surface area (Å²) in [6.07, 6.45) is 3.95. The Balaban J connectivity index is 2.12. The van der Waals surface area contributed by atoms with Crippen molar-refractivity contribution in [3.05, 3.63) is 24.0 Å². The largest absolute Gasteiger partial charge is 0.377 e. The minimum Gasteiger partial charge on any atom is -0.377 e. The van der Waals surface area contributed by atoms with Gasteiger partial charge in [0.05, 0.1) is 36.8 Å². The van der Waals surface area contributed by atoms with Gasteiger partial charge in [-0.25, -0.2) is 0 Å². The summed E-state index contributed by atoms with van der Waals surface area (Å²) in [6.45, 7) is 6.83. The molecule has 1 aliphatic heterocycles. The number of hydrogen-bond donors (Lipinski definition) is 1. The van der Waals surface area contributed by atoms with Gasteiger partial charge in [-0.15, -0.1) is 0 Å². The van der Waals surface area contributed by atoms with Gasteiger partial charge >= 0.3 is 0 Å². The summed E-state index contributed by atoms with van der Waals surface area (Å²) in [4.78, 5) is 6.87. The Kier molecular flexibility index (Phi) is 4.55. The molecule has 1 aliphatic rings. The molecule has 0 radical (unpaired) electrons. The third kappa shape index (κ3) is 2.82. The van der Waals surface area contributed by atoms with Crippen molar-refractivity contribution in [2.75, 3.05) is 24.7 Å². The normalized spacial score (nSPS) is 21.9. The standard InChI is InChI=1S/C14H23N3O/c1-3-11-10-18-8-7-17(11)12-5-6-14(16-9-12)13(15)4-2/h5-6,9,11,13H,3-4,7-8,10,15H2,1-2H3/t11?,13-/m1/s1. The van der Waals surface area contributed by atoms with Gasteiger partial charge in [-0.05, 0) is 25.0 Å². The monoisotopic (exact) mass is 249 g/mol. The molecule has 0 aromatic carbocycles. The van der Waals surface area contributed by atoms with Crippen LogP contribution in [0.5, 0.6) is 0 Å². The van der Waals surface area contributed by atoms with Crippen LogP contribution >= 0.6 is 0 Å². The van der Waals surface area contributed by atoms with E-state index in [4.69, 9.17) is 10.5 Å². The molecule has 1 aromatic rings. The molecule has 100 valence electrons. The lowest BCUT2D eigenvalue weighted by atomic mass is 10.1. The summed E-state index contributed by atoms with van der Waals surface area (Å²) in [7, 11) is 0. The van der Waals surface area contributed by atoms with Crippen molar-refractivity contribution in [1.29, 1.82) is 0 Å². The molecular formula is C14H23N3O. The number of pyridine rings is 1. The predicted octanol–water partition coefficient (Wildman–Crippen LogP) is 2.11. The summed E-state index contributed by atoms with van der Waals surface area (Å²) < 4.78 is 5.52. The molecule has 1 unspecified atom stereocenters. The first-order chi connectivity index (χ1) is 8.76. The highest BCUT2D eigenvalue weighted by Gasteiger charge is 2.21. The second kappa shape index (κ2) is 6.16. The number of nitrogens with zero attached hydrogens (tertiary/aromatic N) is 2. The minimum atomic E-state index is 0.0470. The number of ether oxygens (including phenoxy) is 1. The summed E-state index contributed by atoms with van der Waals surface area (Å²) in [5, 5.41) is 0. The van der Waals surface area contributed by atoms with Crippen molar-refractivity contribution in [2.45, 2.75) is 38.8 Å². The Hall–Kier alpha value is -1.13. The lowest BCUT2D eigenvalue weighted by Crippen LogP contribution is -2.45. The number of anilines is 1. The molecule has 1 aromatic heterocycles. The fourth-order valence-corrected chi connectivity index (χ4v) is 2.33. The Morgan fingerprint density at radius 2 is 2.33 bits per heavy atom. The van der Waals surface area contributed by atoms with Crippen LogP contribution in [-0.2, 0) is 4.74 Å². The van der Waals surface area contributed by atoms with E-state index in [2.05, 4.69) is 29.8 Å². The van der Waals surface area contributed by atoms with E-state index in [1.165, 1.54) is 5.69 Å². The van der Waals surface area contributed by atoms with E-state index in [0.717, 1.165) is 38.3 Å². The summed E-state index contributed by atoms with van der Waals surface area (Å²) in [5.41, 5.74) is 8.13. The molecule has 0 saturated carbocycles. The fourth-order valence-electron chi connectivity index (χ4n) is 2.33. The molecule has 1 fully saturated rings. The average molecular weight is 249 g/mol. The molecule has 1 saturated heterocycles. The van der Waals surface area contributed by atoms with Crippen LogP contribution in [0.25, 0.3) is 0 Å². The molecule has 0 amide bonds. The van der Waals surface area contributed by atoms with Crippen LogP contribution in [0.1, 0.15) is 38.4 Å². The topological polar surface area (TPSA) is 51.4 Å². The van der Waals surface area contributed by atoms with Gasteiger partial charge in [-0.1, -0.05) is 13.8 Å². The van der Waals surface area contributed by atoms with Crippen LogP contribution in [0, 0.1) is 0 Å². The van der Waals surface area contributed by atoms with E-state index in [1.807, 2.05) is 12.3 Å². The highest BCUT2D eigenvalue weighted by molar-refractivity contribution is 5.46. The van der Waals surface area contributed by atoms with Crippen molar-refractivity contribution < 1.29 is 4.74 Å².